The maximum atomic E-state index is 12.7. The van der Waals surface area contributed by atoms with Crippen LogP contribution >= 0.6 is 0 Å². The van der Waals surface area contributed by atoms with E-state index in [1.807, 2.05) is 0 Å². The van der Waals surface area contributed by atoms with Crippen LogP contribution < -0.4 is 0 Å². The topological polar surface area (TPSA) is 68.0 Å². The van der Waals surface area contributed by atoms with Crippen LogP contribution in [0.3, 0.4) is 0 Å². The Labute approximate surface area is 148 Å². The Morgan fingerprint density at radius 2 is 1.96 bits per heavy atom. The second-order valence-electron chi connectivity index (χ2n) is 6.32. The van der Waals surface area contributed by atoms with E-state index < -0.39 is 17.7 Å². The highest BCUT2D eigenvalue weighted by Crippen LogP contribution is 2.34. The molecule has 0 amide bonds. The SMILES string of the molecule is O=C(O)/C=C/c1cn(-c2ccc(C(F)(F)F)cn2)nc1C1CCCCC1. The van der Waals surface area contributed by atoms with Gasteiger partial charge in [-0.3, -0.25) is 0 Å². The summed E-state index contributed by atoms with van der Waals surface area (Å²) in [5.74, 6) is -0.599. The molecular formula is C18H18F3N3O2. The summed E-state index contributed by atoms with van der Waals surface area (Å²) in [4.78, 5) is 14.7. The number of hydrogen-bond donors (Lipinski definition) is 1. The third kappa shape index (κ3) is 4.12. The van der Waals surface area contributed by atoms with Crippen molar-refractivity contribution >= 4 is 12.0 Å². The summed E-state index contributed by atoms with van der Waals surface area (Å²) in [6.45, 7) is 0. The highest BCUT2D eigenvalue weighted by molar-refractivity contribution is 5.85. The van der Waals surface area contributed by atoms with Gasteiger partial charge in [0, 0.05) is 30.0 Å². The van der Waals surface area contributed by atoms with E-state index in [-0.39, 0.29) is 11.7 Å². The van der Waals surface area contributed by atoms with E-state index in [9.17, 15) is 18.0 Å². The molecule has 1 aliphatic carbocycles. The molecule has 8 heteroatoms. The van der Waals surface area contributed by atoms with Crippen molar-refractivity contribution in [2.75, 3.05) is 0 Å². The largest absolute Gasteiger partial charge is 0.478 e. The Morgan fingerprint density at radius 1 is 1.23 bits per heavy atom. The average Bonchev–Trinajstić information content (AvgIpc) is 3.04. The summed E-state index contributed by atoms with van der Waals surface area (Å²) in [5, 5.41) is 13.4. The number of aliphatic carboxylic acids is 1. The molecule has 3 rings (SSSR count). The van der Waals surface area contributed by atoms with Gasteiger partial charge in [0.1, 0.15) is 0 Å². The van der Waals surface area contributed by atoms with Crippen molar-refractivity contribution in [1.29, 1.82) is 0 Å². The Hall–Kier alpha value is -2.64. The first-order chi connectivity index (χ1) is 12.3. The normalized spacial score (nSPS) is 16.3. The predicted molar refractivity (Wildman–Crippen MR) is 88.9 cm³/mol. The smallest absolute Gasteiger partial charge is 0.417 e. The second-order valence-corrected chi connectivity index (χ2v) is 6.32. The third-order valence-corrected chi connectivity index (χ3v) is 4.48. The lowest BCUT2D eigenvalue weighted by atomic mass is 9.85. The molecule has 1 aliphatic rings. The molecule has 0 atom stereocenters. The van der Waals surface area contributed by atoms with Gasteiger partial charge < -0.3 is 5.11 Å². The van der Waals surface area contributed by atoms with E-state index in [2.05, 4.69) is 10.1 Å². The lowest BCUT2D eigenvalue weighted by Crippen LogP contribution is -2.08. The molecule has 5 nitrogen and oxygen atoms in total. The van der Waals surface area contributed by atoms with Crippen LogP contribution in [0, 0.1) is 0 Å². The van der Waals surface area contributed by atoms with Crippen LogP contribution in [-0.4, -0.2) is 25.8 Å². The summed E-state index contributed by atoms with van der Waals surface area (Å²) in [6, 6.07) is 2.21. The van der Waals surface area contributed by atoms with Crippen molar-refractivity contribution in [2.24, 2.45) is 0 Å². The number of aromatic nitrogens is 3. The van der Waals surface area contributed by atoms with Crippen LogP contribution in [0.1, 0.15) is 54.8 Å². The molecule has 0 unspecified atom stereocenters. The maximum Gasteiger partial charge on any atom is 0.417 e. The van der Waals surface area contributed by atoms with Crippen LogP contribution in [0.15, 0.2) is 30.6 Å². The van der Waals surface area contributed by atoms with E-state index in [0.29, 0.717) is 5.56 Å². The third-order valence-electron chi connectivity index (χ3n) is 4.48. The van der Waals surface area contributed by atoms with Gasteiger partial charge >= 0.3 is 12.1 Å². The number of hydrogen-bond acceptors (Lipinski definition) is 3. The molecule has 0 spiro atoms. The number of carbonyl (C=O) groups is 1. The predicted octanol–water partition coefficient (Wildman–Crippen LogP) is 4.43. The zero-order valence-electron chi connectivity index (χ0n) is 13.9. The molecule has 0 aliphatic heterocycles. The average molecular weight is 365 g/mol. The number of nitrogens with zero attached hydrogens (tertiary/aromatic N) is 3. The van der Waals surface area contributed by atoms with Crippen LogP contribution in [-0.2, 0) is 11.0 Å². The Morgan fingerprint density at radius 3 is 2.54 bits per heavy atom. The van der Waals surface area contributed by atoms with Crippen molar-refractivity contribution in [1.82, 2.24) is 14.8 Å². The molecule has 0 radical (unpaired) electrons. The van der Waals surface area contributed by atoms with Crippen molar-refractivity contribution in [3.63, 3.8) is 0 Å². The van der Waals surface area contributed by atoms with Gasteiger partial charge in [0.25, 0.3) is 0 Å². The maximum absolute atomic E-state index is 12.7. The van der Waals surface area contributed by atoms with Crippen LogP contribution in [0.5, 0.6) is 0 Å². The van der Waals surface area contributed by atoms with E-state index in [1.54, 1.807) is 6.20 Å². The van der Waals surface area contributed by atoms with Crippen molar-refractivity contribution in [3.05, 3.63) is 47.4 Å². The summed E-state index contributed by atoms with van der Waals surface area (Å²) in [6.07, 6.45) is 5.69. The number of pyridine rings is 1. The van der Waals surface area contributed by atoms with Gasteiger partial charge in [-0.05, 0) is 31.1 Å². The molecule has 1 fully saturated rings. The number of carboxylic acid groups (broad SMARTS) is 1. The first kappa shape index (κ1) is 18.2. The lowest BCUT2D eigenvalue weighted by Gasteiger charge is -2.20. The Balaban J connectivity index is 1.95. The van der Waals surface area contributed by atoms with Crippen molar-refractivity contribution in [3.8, 4) is 5.82 Å². The fourth-order valence-electron chi connectivity index (χ4n) is 3.19. The van der Waals surface area contributed by atoms with Gasteiger partial charge in [-0.2, -0.15) is 18.3 Å². The summed E-state index contributed by atoms with van der Waals surface area (Å²) in [7, 11) is 0. The molecule has 0 aromatic carbocycles. The first-order valence-corrected chi connectivity index (χ1v) is 8.39. The molecule has 2 aromatic heterocycles. The quantitative estimate of drug-likeness (QED) is 0.814. The standard InChI is InChI=1S/C18H18F3N3O2/c19-18(20,21)14-7-8-15(22-10-14)24-11-13(6-9-16(25)26)17(23-24)12-4-2-1-3-5-12/h6-12H,1-5H2,(H,25,26)/b9-6+. The zero-order chi connectivity index (χ0) is 18.7. The highest BCUT2D eigenvalue weighted by Gasteiger charge is 2.31. The van der Waals surface area contributed by atoms with E-state index in [0.717, 1.165) is 56.1 Å². The molecule has 2 aromatic rings. The summed E-state index contributed by atoms with van der Waals surface area (Å²) >= 11 is 0. The highest BCUT2D eigenvalue weighted by atomic mass is 19.4. The van der Waals surface area contributed by atoms with Gasteiger partial charge in [-0.1, -0.05) is 19.3 Å². The molecule has 1 saturated carbocycles. The van der Waals surface area contributed by atoms with Gasteiger partial charge in [0.2, 0.25) is 0 Å². The number of halogens is 3. The molecular weight excluding hydrogens is 347 g/mol. The van der Waals surface area contributed by atoms with Gasteiger partial charge in [-0.25, -0.2) is 14.5 Å². The zero-order valence-corrected chi connectivity index (χ0v) is 13.9. The number of carboxylic acids is 1. The van der Waals surface area contributed by atoms with E-state index in [1.165, 1.54) is 16.8 Å². The second kappa shape index (κ2) is 7.31. The Bertz CT molecular complexity index is 804. The fourth-order valence-corrected chi connectivity index (χ4v) is 3.19. The molecule has 2 heterocycles. The van der Waals surface area contributed by atoms with Gasteiger partial charge in [-0.15, -0.1) is 0 Å². The Kier molecular flexibility index (Phi) is 5.11. The molecule has 138 valence electrons. The monoisotopic (exact) mass is 365 g/mol. The van der Waals surface area contributed by atoms with Crippen molar-refractivity contribution in [2.45, 2.75) is 44.2 Å². The lowest BCUT2D eigenvalue weighted by molar-refractivity contribution is -0.137. The van der Waals surface area contributed by atoms with Crippen LogP contribution in [0.25, 0.3) is 11.9 Å². The fraction of sp³-hybridized carbons (Fsp3) is 0.389. The van der Waals surface area contributed by atoms with Crippen LogP contribution in [0.2, 0.25) is 0 Å². The van der Waals surface area contributed by atoms with Crippen LogP contribution in [0.4, 0.5) is 13.2 Å². The molecule has 0 bridgehead atoms. The van der Waals surface area contributed by atoms with Gasteiger partial charge in [0.05, 0.1) is 11.3 Å². The summed E-state index contributed by atoms with van der Waals surface area (Å²) < 4.78 is 39.5. The number of rotatable bonds is 4. The van der Waals surface area contributed by atoms with Gasteiger partial charge in [0.15, 0.2) is 5.82 Å². The van der Waals surface area contributed by atoms with E-state index >= 15 is 0 Å². The molecule has 0 saturated heterocycles. The van der Waals surface area contributed by atoms with E-state index in [4.69, 9.17) is 5.11 Å². The minimum absolute atomic E-state index is 0.216. The summed E-state index contributed by atoms with van der Waals surface area (Å²) in [5.41, 5.74) is 0.594. The minimum Gasteiger partial charge on any atom is -0.478 e. The number of alkyl halides is 3. The molecule has 26 heavy (non-hydrogen) atoms. The molecule has 1 N–H and O–H groups in total. The minimum atomic E-state index is -4.45. The first-order valence-electron chi connectivity index (χ1n) is 8.39. The van der Waals surface area contributed by atoms with Crippen molar-refractivity contribution < 1.29 is 23.1 Å².